The zero-order valence-electron chi connectivity index (χ0n) is 8.70. The van der Waals surface area contributed by atoms with Gasteiger partial charge >= 0.3 is 0 Å². The highest BCUT2D eigenvalue weighted by Crippen LogP contribution is 2.44. The molecule has 0 fully saturated rings. The van der Waals surface area contributed by atoms with Gasteiger partial charge in [-0.25, -0.2) is 0 Å². The Bertz CT molecular complexity index is 392. The van der Waals surface area contributed by atoms with Crippen molar-refractivity contribution >= 4 is 21.6 Å². The first-order valence-electron chi connectivity index (χ1n) is 5.18. The van der Waals surface area contributed by atoms with Gasteiger partial charge in [-0.1, -0.05) is 35.0 Å². The van der Waals surface area contributed by atoms with Crippen LogP contribution < -0.4 is 0 Å². The standard InChI is InChI=1S/C12H14BrNO/c1-2-12-5-3-10(13)7-11(12)14-8-9(12)4-6-15/h3,5,7-8,15H,2,4,6H2,1H3. The zero-order chi connectivity index (χ0) is 10.9. The Labute approximate surface area is 98.2 Å². The van der Waals surface area contributed by atoms with Gasteiger partial charge in [-0.15, -0.1) is 0 Å². The molecule has 1 N–H and O–H groups in total. The number of aliphatic hydroxyl groups excluding tert-OH is 1. The third kappa shape index (κ3) is 1.64. The minimum Gasteiger partial charge on any atom is -0.396 e. The number of aliphatic imine (C=N–C) groups is 1. The van der Waals surface area contributed by atoms with Crippen molar-refractivity contribution in [2.24, 2.45) is 10.4 Å². The van der Waals surface area contributed by atoms with Crippen molar-refractivity contribution in [1.82, 2.24) is 0 Å². The molecule has 2 nitrogen and oxygen atoms in total. The summed E-state index contributed by atoms with van der Waals surface area (Å²) in [5.74, 6) is 0. The summed E-state index contributed by atoms with van der Waals surface area (Å²) < 4.78 is 1.06. The van der Waals surface area contributed by atoms with Crippen molar-refractivity contribution in [3.63, 3.8) is 0 Å². The Kier molecular flexibility index (Phi) is 2.94. The summed E-state index contributed by atoms with van der Waals surface area (Å²) in [5, 5.41) is 9.04. The molecule has 0 aromatic rings. The molecule has 0 bridgehead atoms. The number of aliphatic hydroxyl groups is 1. The lowest BCUT2D eigenvalue weighted by molar-refractivity contribution is 0.293. The summed E-state index contributed by atoms with van der Waals surface area (Å²) >= 11 is 3.46. The van der Waals surface area contributed by atoms with Gasteiger partial charge in [0.2, 0.25) is 0 Å². The molecule has 0 saturated heterocycles. The Hall–Kier alpha value is -0.670. The van der Waals surface area contributed by atoms with Gasteiger partial charge in [0.1, 0.15) is 0 Å². The van der Waals surface area contributed by atoms with Gasteiger partial charge in [-0.05, 0) is 24.5 Å². The summed E-state index contributed by atoms with van der Waals surface area (Å²) in [5.41, 5.74) is 2.25. The summed E-state index contributed by atoms with van der Waals surface area (Å²) in [6.07, 6.45) is 9.91. The van der Waals surface area contributed by atoms with Gasteiger partial charge in [0.15, 0.2) is 0 Å². The Morgan fingerprint density at radius 3 is 3.00 bits per heavy atom. The average molecular weight is 268 g/mol. The normalized spacial score (nSPS) is 28.3. The molecule has 0 spiro atoms. The van der Waals surface area contributed by atoms with E-state index in [9.17, 15) is 0 Å². The third-order valence-corrected chi connectivity index (χ3v) is 3.62. The quantitative estimate of drug-likeness (QED) is 0.838. The van der Waals surface area contributed by atoms with Crippen LogP contribution in [0.1, 0.15) is 19.8 Å². The number of hydrogen-bond donors (Lipinski definition) is 1. The molecule has 15 heavy (non-hydrogen) atoms. The molecule has 80 valence electrons. The smallest absolute Gasteiger partial charge is 0.0555 e. The molecule has 3 heteroatoms. The maximum Gasteiger partial charge on any atom is 0.0555 e. The number of allylic oxidation sites excluding steroid dienone is 4. The lowest BCUT2D eigenvalue weighted by atomic mass is 9.72. The number of fused-ring (bicyclic) bond motifs is 1. The van der Waals surface area contributed by atoms with Crippen molar-refractivity contribution in [3.05, 3.63) is 34.5 Å². The molecule has 0 aromatic carbocycles. The molecule has 1 atom stereocenters. The number of rotatable bonds is 3. The Morgan fingerprint density at radius 1 is 1.53 bits per heavy atom. The van der Waals surface area contributed by atoms with Crippen LogP contribution in [0.3, 0.4) is 0 Å². The number of halogens is 1. The van der Waals surface area contributed by atoms with Gasteiger partial charge in [-0.3, -0.25) is 4.99 Å². The first kappa shape index (κ1) is 10.8. The minimum absolute atomic E-state index is 0.0556. The summed E-state index contributed by atoms with van der Waals surface area (Å²) in [6, 6.07) is 0. The molecule has 0 aromatic heterocycles. The molecule has 1 unspecified atom stereocenters. The van der Waals surface area contributed by atoms with Crippen LogP contribution in [-0.4, -0.2) is 17.4 Å². The molecule has 1 aliphatic heterocycles. The number of nitrogens with zero attached hydrogens (tertiary/aromatic N) is 1. The fourth-order valence-corrected chi connectivity index (χ4v) is 2.58. The van der Waals surface area contributed by atoms with Gasteiger partial charge in [0.05, 0.1) is 11.1 Å². The van der Waals surface area contributed by atoms with Crippen molar-refractivity contribution < 1.29 is 5.11 Å². The fraction of sp³-hybridized carbons (Fsp3) is 0.417. The van der Waals surface area contributed by atoms with Gasteiger partial charge in [-0.2, -0.15) is 0 Å². The molecular weight excluding hydrogens is 254 g/mol. The molecule has 0 amide bonds. The first-order chi connectivity index (χ1) is 7.23. The van der Waals surface area contributed by atoms with E-state index in [0.717, 1.165) is 16.6 Å². The molecule has 2 rings (SSSR count). The second kappa shape index (κ2) is 4.06. The van der Waals surface area contributed by atoms with Crippen LogP contribution in [0.5, 0.6) is 0 Å². The Balaban J connectivity index is 2.37. The predicted molar refractivity (Wildman–Crippen MR) is 66.1 cm³/mol. The van der Waals surface area contributed by atoms with Crippen molar-refractivity contribution in [2.75, 3.05) is 6.61 Å². The molecule has 1 aliphatic carbocycles. The molecule has 2 aliphatic rings. The largest absolute Gasteiger partial charge is 0.396 e. The van der Waals surface area contributed by atoms with Crippen LogP contribution >= 0.6 is 15.9 Å². The highest BCUT2D eigenvalue weighted by Gasteiger charge is 2.38. The van der Waals surface area contributed by atoms with E-state index in [1.807, 2.05) is 6.20 Å². The molecule has 0 saturated carbocycles. The van der Waals surface area contributed by atoms with E-state index in [4.69, 9.17) is 5.11 Å². The van der Waals surface area contributed by atoms with Crippen LogP contribution in [0, 0.1) is 5.41 Å². The van der Waals surface area contributed by atoms with Crippen LogP contribution in [0.4, 0.5) is 0 Å². The van der Waals surface area contributed by atoms with Gasteiger partial charge < -0.3 is 5.11 Å². The van der Waals surface area contributed by atoms with Gasteiger partial charge in [0, 0.05) is 17.3 Å². The van der Waals surface area contributed by atoms with Crippen LogP contribution in [0.25, 0.3) is 0 Å². The summed E-state index contributed by atoms with van der Waals surface area (Å²) in [7, 11) is 0. The molecule has 1 heterocycles. The highest BCUT2D eigenvalue weighted by atomic mass is 79.9. The van der Waals surface area contributed by atoms with Crippen molar-refractivity contribution in [3.8, 4) is 0 Å². The predicted octanol–water partition coefficient (Wildman–Crippen LogP) is 2.95. The topological polar surface area (TPSA) is 32.6 Å². The van der Waals surface area contributed by atoms with Crippen molar-refractivity contribution in [1.29, 1.82) is 0 Å². The van der Waals surface area contributed by atoms with Crippen LogP contribution in [-0.2, 0) is 0 Å². The van der Waals surface area contributed by atoms with Crippen LogP contribution in [0.2, 0.25) is 0 Å². The lowest BCUT2D eigenvalue weighted by Crippen LogP contribution is -2.28. The maximum atomic E-state index is 9.04. The lowest BCUT2D eigenvalue weighted by Gasteiger charge is -2.30. The van der Waals surface area contributed by atoms with E-state index in [2.05, 4.69) is 46.1 Å². The SMILES string of the molecule is CCC12C=CC(Br)=CC1=NC=C2CCO. The van der Waals surface area contributed by atoms with Gasteiger partial charge in [0.25, 0.3) is 0 Å². The highest BCUT2D eigenvalue weighted by molar-refractivity contribution is 9.11. The van der Waals surface area contributed by atoms with E-state index in [1.54, 1.807) is 0 Å². The van der Waals surface area contributed by atoms with Crippen LogP contribution in [0.15, 0.2) is 39.5 Å². The second-order valence-corrected chi connectivity index (χ2v) is 4.75. The average Bonchev–Trinajstić information content (AvgIpc) is 2.58. The van der Waals surface area contributed by atoms with E-state index < -0.39 is 0 Å². The van der Waals surface area contributed by atoms with E-state index >= 15 is 0 Å². The monoisotopic (exact) mass is 267 g/mol. The fourth-order valence-electron chi connectivity index (χ4n) is 2.24. The van der Waals surface area contributed by atoms with E-state index in [-0.39, 0.29) is 12.0 Å². The minimum atomic E-state index is -0.0556. The molecular formula is C12H14BrNO. The number of hydrogen-bond acceptors (Lipinski definition) is 2. The van der Waals surface area contributed by atoms with E-state index in [1.165, 1.54) is 5.57 Å². The maximum absolute atomic E-state index is 9.04. The molecule has 0 radical (unpaired) electrons. The zero-order valence-corrected chi connectivity index (χ0v) is 10.3. The first-order valence-corrected chi connectivity index (χ1v) is 5.97. The second-order valence-electron chi connectivity index (χ2n) is 3.83. The van der Waals surface area contributed by atoms with E-state index in [0.29, 0.717) is 6.42 Å². The summed E-state index contributed by atoms with van der Waals surface area (Å²) in [6.45, 7) is 2.35. The van der Waals surface area contributed by atoms with Crippen molar-refractivity contribution in [2.45, 2.75) is 19.8 Å². The Morgan fingerprint density at radius 2 is 2.33 bits per heavy atom. The summed E-state index contributed by atoms with van der Waals surface area (Å²) in [4.78, 5) is 4.44. The third-order valence-electron chi connectivity index (χ3n) is 3.13.